The van der Waals surface area contributed by atoms with Crippen LogP contribution in [0.1, 0.15) is 58.8 Å². The van der Waals surface area contributed by atoms with E-state index in [-0.39, 0.29) is 0 Å². The van der Waals surface area contributed by atoms with Crippen molar-refractivity contribution in [1.82, 2.24) is 4.90 Å². The van der Waals surface area contributed by atoms with E-state index in [1.165, 1.54) is 51.5 Å². The van der Waals surface area contributed by atoms with Gasteiger partial charge in [-0.2, -0.15) is 0 Å². The monoisotopic (exact) mass is 238 g/mol. The summed E-state index contributed by atoms with van der Waals surface area (Å²) in [6.45, 7) is 6.85. The van der Waals surface area contributed by atoms with Gasteiger partial charge in [-0.3, -0.25) is 4.90 Å². The van der Waals surface area contributed by atoms with Crippen molar-refractivity contribution < 1.29 is 0 Å². The molecule has 0 aromatic carbocycles. The molecular weight excluding hydrogens is 208 g/mol. The van der Waals surface area contributed by atoms with E-state index in [1.807, 2.05) is 0 Å². The summed E-state index contributed by atoms with van der Waals surface area (Å²) in [6.07, 6.45) is 9.85. The van der Waals surface area contributed by atoms with Gasteiger partial charge >= 0.3 is 0 Å². The van der Waals surface area contributed by atoms with Crippen LogP contribution in [-0.2, 0) is 0 Å². The molecule has 2 fully saturated rings. The maximum Gasteiger partial charge on any atom is 0.0247 e. The van der Waals surface area contributed by atoms with E-state index in [4.69, 9.17) is 5.73 Å². The maximum atomic E-state index is 6.08. The summed E-state index contributed by atoms with van der Waals surface area (Å²) in [5.74, 6) is 1.76. The zero-order chi connectivity index (χ0) is 12.3. The third kappa shape index (κ3) is 2.85. The number of nitrogens with zero attached hydrogens (tertiary/aromatic N) is 1. The van der Waals surface area contributed by atoms with E-state index in [0.717, 1.165) is 24.4 Å². The standard InChI is InChI=1S/C15H30N2/c1-3-6-12(2)15(11-16)17-10-5-8-13-7-4-9-14(13)17/h12-15H,3-11,16H2,1-2H3. The smallest absolute Gasteiger partial charge is 0.0247 e. The van der Waals surface area contributed by atoms with Gasteiger partial charge in [0.2, 0.25) is 0 Å². The molecule has 4 unspecified atom stereocenters. The van der Waals surface area contributed by atoms with Crippen LogP contribution in [0.15, 0.2) is 0 Å². The Morgan fingerprint density at radius 1 is 1.24 bits per heavy atom. The average molecular weight is 238 g/mol. The highest BCUT2D eigenvalue weighted by Crippen LogP contribution is 2.38. The van der Waals surface area contributed by atoms with Gasteiger partial charge in [0.1, 0.15) is 0 Å². The molecule has 1 aliphatic carbocycles. The average Bonchev–Trinajstić information content (AvgIpc) is 2.79. The molecule has 1 saturated carbocycles. The molecule has 0 spiro atoms. The minimum Gasteiger partial charge on any atom is -0.329 e. The minimum atomic E-state index is 0.640. The van der Waals surface area contributed by atoms with Crippen LogP contribution in [-0.4, -0.2) is 30.1 Å². The van der Waals surface area contributed by atoms with E-state index >= 15 is 0 Å². The highest BCUT2D eigenvalue weighted by molar-refractivity contribution is 4.93. The van der Waals surface area contributed by atoms with Gasteiger partial charge in [0.15, 0.2) is 0 Å². The highest BCUT2D eigenvalue weighted by atomic mass is 15.2. The molecule has 0 amide bonds. The summed E-state index contributed by atoms with van der Waals surface area (Å²) in [6, 6.07) is 1.51. The predicted molar refractivity (Wildman–Crippen MR) is 74.0 cm³/mol. The molecular formula is C15H30N2. The second-order valence-electron chi connectivity index (χ2n) is 6.21. The summed E-state index contributed by atoms with van der Waals surface area (Å²) in [7, 11) is 0. The fourth-order valence-electron chi connectivity index (χ4n) is 4.25. The fourth-order valence-corrected chi connectivity index (χ4v) is 4.25. The van der Waals surface area contributed by atoms with Crippen LogP contribution in [0.5, 0.6) is 0 Å². The molecule has 2 heteroatoms. The van der Waals surface area contributed by atoms with Gasteiger partial charge in [0, 0.05) is 18.6 Å². The molecule has 0 aromatic heterocycles. The molecule has 2 rings (SSSR count). The van der Waals surface area contributed by atoms with Gasteiger partial charge in [-0.25, -0.2) is 0 Å². The molecule has 2 aliphatic rings. The van der Waals surface area contributed by atoms with E-state index in [0.29, 0.717) is 6.04 Å². The topological polar surface area (TPSA) is 29.3 Å². The second kappa shape index (κ2) is 6.19. The molecule has 1 heterocycles. The van der Waals surface area contributed by atoms with Gasteiger partial charge in [-0.15, -0.1) is 0 Å². The number of piperidine rings is 1. The van der Waals surface area contributed by atoms with E-state index in [1.54, 1.807) is 0 Å². The lowest BCUT2D eigenvalue weighted by Gasteiger charge is -2.44. The van der Waals surface area contributed by atoms with Gasteiger partial charge in [0.25, 0.3) is 0 Å². The largest absolute Gasteiger partial charge is 0.329 e. The van der Waals surface area contributed by atoms with Crippen LogP contribution in [0.4, 0.5) is 0 Å². The fraction of sp³-hybridized carbons (Fsp3) is 1.00. The first-order chi connectivity index (χ1) is 8.27. The second-order valence-corrected chi connectivity index (χ2v) is 6.21. The number of fused-ring (bicyclic) bond motifs is 1. The quantitative estimate of drug-likeness (QED) is 0.798. The summed E-state index contributed by atoms with van der Waals surface area (Å²) in [5, 5.41) is 0. The van der Waals surface area contributed by atoms with Crippen LogP contribution in [0, 0.1) is 11.8 Å². The summed E-state index contributed by atoms with van der Waals surface area (Å²) in [5.41, 5.74) is 6.08. The van der Waals surface area contributed by atoms with Crippen molar-refractivity contribution in [3.8, 4) is 0 Å². The van der Waals surface area contributed by atoms with Crippen LogP contribution < -0.4 is 5.73 Å². The Kier molecular flexibility index (Phi) is 4.87. The predicted octanol–water partition coefficient (Wildman–Crippen LogP) is 3.01. The number of nitrogens with two attached hydrogens (primary N) is 1. The SMILES string of the molecule is CCCC(C)C(CN)N1CCCC2CCCC21. The zero-order valence-corrected chi connectivity index (χ0v) is 11.7. The van der Waals surface area contributed by atoms with Crippen LogP contribution in [0.2, 0.25) is 0 Å². The Morgan fingerprint density at radius 3 is 2.71 bits per heavy atom. The molecule has 4 atom stereocenters. The van der Waals surface area contributed by atoms with Crippen molar-refractivity contribution in [3.05, 3.63) is 0 Å². The first kappa shape index (κ1) is 13.4. The first-order valence-electron chi connectivity index (χ1n) is 7.73. The Bertz CT molecular complexity index is 229. The first-order valence-corrected chi connectivity index (χ1v) is 7.73. The van der Waals surface area contributed by atoms with E-state index < -0.39 is 0 Å². The Labute approximate surface area is 107 Å². The number of hydrogen-bond acceptors (Lipinski definition) is 2. The third-order valence-corrected chi connectivity index (χ3v) is 5.10. The lowest BCUT2D eigenvalue weighted by atomic mass is 9.87. The molecule has 17 heavy (non-hydrogen) atoms. The summed E-state index contributed by atoms with van der Waals surface area (Å²) >= 11 is 0. The summed E-state index contributed by atoms with van der Waals surface area (Å²) in [4.78, 5) is 2.79. The molecule has 0 aromatic rings. The molecule has 0 bridgehead atoms. The molecule has 0 radical (unpaired) electrons. The molecule has 2 N–H and O–H groups in total. The van der Waals surface area contributed by atoms with Gasteiger partial charge in [0.05, 0.1) is 0 Å². The van der Waals surface area contributed by atoms with Crippen molar-refractivity contribution in [3.63, 3.8) is 0 Å². The minimum absolute atomic E-state index is 0.640. The van der Waals surface area contributed by atoms with Crippen molar-refractivity contribution in [2.45, 2.75) is 70.9 Å². The van der Waals surface area contributed by atoms with Crippen LogP contribution in [0.25, 0.3) is 0 Å². The lowest BCUT2D eigenvalue weighted by molar-refractivity contribution is 0.0444. The zero-order valence-electron chi connectivity index (χ0n) is 11.7. The lowest BCUT2D eigenvalue weighted by Crippen LogP contribution is -2.53. The molecule has 2 nitrogen and oxygen atoms in total. The van der Waals surface area contributed by atoms with Gasteiger partial charge in [-0.1, -0.05) is 26.7 Å². The highest BCUT2D eigenvalue weighted by Gasteiger charge is 2.38. The van der Waals surface area contributed by atoms with E-state index in [2.05, 4.69) is 18.7 Å². The summed E-state index contributed by atoms with van der Waals surface area (Å²) < 4.78 is 0. The number of rotatable bonds is 5. The van der Waals surface area contributed by atoms with Gasteiger partial charge in [-0.05, 0) is 50.5 Å². The molecule has 1 aliphatic heterocycles. The molecule has 1 saturated heterocycles. The Morgan fingerprint density at radius 2 is 2.00 bits per heavy atom. The van der Waals surface area contributed by atoms with Crippen molar-refractivity contribution in [2.24, 2.45) is 17.6 Å². The Hall–Kier alpha value is -0.0800. The maximum absolute atomic E-state index is 6.08. The normalized spacial score (nSPS) is 33.4. The van der Waals surface area contributed by atoms with Crippen molar-refractivity contribution >= 4 is 0 Å². The molecule has 100 valence electrons. The van der Waals surface area contributed by atoms with E-state index in [9.17, 15) is 0 Å². The number of likely N-dealkylation sites (tertiary alicyclic amines) is 1. The Balaban J connectivity index is 2.01. The number of hydrogen-bond donors (Lipinski definition) is 1. The van der Waals surface area contributed by atoms with Crippen LogP contribution >= 0.6 is 0 Å². The third-order valence-electron chi connectivity index (χ3n) is 5.10. The van der Waals surface area contributed by atoms with Crippen molar-refractivity contribution in [1.29, 1.82) is 0 Å². The van der Waals surface area contributed by atoms with Crippen molar-refractivity contribution in [2.75, 3.05) is 13.1 Å². The van der Waals surface area contributed by atoms with Gasteiger partial charge < -0.3 is 5.73 Å². The van der Waals surface area contributed by atoms with Crippen LogP contribution in [0.3, 0.4) is 0 Å².